The van der Waals surface area contributed by atoms with Crippen molar-refractivity contribution in [2.24, 2.45) is 10.9 Å². The third-order valence-corrected chi connectivity index (χ3v) is 2.67. The molecule has 1 aliphatic rings. The quantitative estimate of drug-likeness (QED) is 0.574. The van der Waals surface area contributed by atoms with Gasteiger partial charge in [-0.1, -0.05) is 46.0 Å². The molecule has 0 heterocycles. The van der Waals surface area contributed by atoms with Crippen molar-refractivity contribution in [1.82, 2.24) is 0 Å². The average Bonchev–Trinajstić information content (AvgIpc) is 2.01. The highest BCUT2D eigenvalue weighted by Crippen LogP contribution is 2.19. The number of nitrogens with zero attached hydrogens (tertiary/aromatic N) is 1. The molecule has 0 aromatic heterocycles. The summed E-state index contributed by atoms with van der Waals surface area (Å²) in [6.45, 7) is 4.40. The van der Waals surface area contributed by atoms with E-state index in [2.05, 4.69) is 25.1 Å². The first kappa shape index (κ1) is 10.7. The molecule has 0 aromatic carbocycles. The summed E-state index contributed by atoms with van der Waals surface area (Å²) in [5, 5.41) is 0. The maximum Gasteiger partial charge on any atom is 0.0495 e. The van der Waals surface area contributed by atoms with Crippen molar-refractivity contribution in [2.75, 3.05) is 0 Å². The predicted molar refractivity (Wildman–Crippen MR) is 59.4 cm³/mol. The molecule has 13 heavy (non-hydrogen) atoms. The third-order valence-electron chi connectivity index (χ3n) is 2.67. The summed E-state index contributed by atoms with van der Waals surface area (Å²) in [5.74, 6) is 0.616. The highest BCUT2D eigenvalue weighted by Gasteiger charge is 2.08. The van der Waals surface area contributed by atoms with Crippen LogP contribution < -0.4 is 0 Å². The maximum absolute atomic E-state index is 4.66. The Labute approximate surface area is 82.6 Å². The minimum atomic E-state index is 0.616. The summed E-state index contributed by atoms with van der Waals surface area (Å²) < 4.78 is 0. The molecule has 0 saturated heterocycles. The molecule has 0 bridgehead atoms. The molecule has 1 fully saturated rings. The van der Waals surface area contributed by atoms with E-state index in [4.69, 9.17) is 0 Å². The van der Waals surface area contributed by atoms with Gasteiger partial charge in [0.05, 0.1) is 0 Å². The second kappa shape index (κ2) is 6.17. The average molecular weight is 181 g/mol. The Morgan fingerprint density at radius 3 is 2.08 bits per heavy atom. The van der Waals surface area contributed by atoms with Crippen LogP contribution in [0, 0.1) is 5.92 Å². The van der Waals surface area contributed by atoms with Crippen LogP contribution in [0.25, 0.3) is 0 Å². The molecule has 0 aromatic rings. The van der Waals surface area contributed by atoms with Crippen LogP contribution in [-0.4, -0.2) is 12.3 Å². The highest BCUT2D eigenvalue weighted by atomic mass is 14.8. The van der Waals surface area contributed by atoms with Gasteiger partial charge in [0.1, 0.15) is 0 Å². The van der Waals surface area contributed by atoms with Crippen LogP contribution in [0.4, 0.5) is 0 Å². The lowest BCUT2D eigenvalue weighted by Crippen LogP contribution is -2.08. The Morgan fingerprint density at radius 1 is 1.00 bits per heavy atom. The van der Waals surface area contributed by atoms with Crippen LogP contribution in [0.5, 0.6) is 0 Å². The Balaban J connectivity index is 2.29. The van der Waals surface area contributed by atoms with Crippen LogP contribution in [0.2, 0.25) is 0 Å². The SMILES string of the molecule is CC(C)C=NC1CCCCCCC1. The van der Waals surface area contributed by atoms with Gasteiger partial charge >= 0.3 is 0 Å². The molecular weight excluding hydrogens is 158 g/mol. The van der Waals surface area contributed by atoms with Crippen molar-refractivity contribution >= 4 is 6.21 Å². The van der Waals surface area contributed by atoms with Gasteiger partial charge in [-0.25, -0.2) is 0 Å². The van der Waals surface area contributed by atoms with Crippen LogP contribution in [0.1, 0.15) is 58.8 Å². The molecule has 1 saturated carbocycles. The van der Waals surface area contributed by atoms with Gasteiger partial charge in [0.2, 0.25) is 0 Å². The predicted octanol–water partition coefficient (Wildman–Crippen LogP) is 3.83. The molecule has 1 rings (SSSR count). The molecule has 0 aliphatic heterocycles. The lowest BCUT2D eigenvalue weighted by molar-refractivity contribution is 0.455. The number of hydrogen-bond donors (Lipinski definition) is 0. The van der Waals surface area contributed by atoms with E-state index in [1.165, 1.54) is 44.9 Å². The van der Waals surface area contributed by atoms with Crippen molar-refractivity contribution in [1.29, 1.82) is 0 Å². The molecule has 0 N–H and O–H groups in total. The molecule has 0 radical (unpaired) electrons. The first-order valence-electron chi connectivity index (χ1n) is 5.82. The van der Waals surface area contributed by atoms with Crippen molar-refractivity contribution in [3.05, 3.63) is 0 Å². The van der Waals surface area contributed by atoms with E-state index in [1.807, 2.05) is 0 Å². The number of hydrogen-bond acceptors (Lipinski definition) is 1. The zero-order valence-corrected chi connectivity index (χ0v) is 9.13. The molecule has 0 amide bonds. The molecule has 76 valence electrons. The van der Waals surface area contributed by atoms with Gasteiger partial charge in [0.25, 0.3) is 0 Å². The van der Waals surface area contributed by atoms with Crippen LogP contribution >= 0.6 is 0 Å². The summed E-state index contributed by atoms with van der Waals surface area (Å²) >= 11 is 0. The topological polar surface area (TPSA) is 12.4 Å². The maximum atomic E-state index is 4.66. The Kier molecular flexibility index (Phi) is 5.10. The first-order chi connectivity index (χ1) is 6.29. The summed E-state index contributed by atoms with van der Waals surface area (Å²) in [6.07, 6.45) is 11.8. The van der Waals surface area contributed by atoms with Gasteiger partial charge in [-0.3, -0.25) is 4.99 Å². The molecule has 0 atom stereocenters. The smallest absolute Gasteiger partial charge is 0.0495 e. The Hall–Kier alpha value is -0.330. The normalized spacial score (nSPS) is 22.1. The van der Waals surface area contributed by atoms with Crippen LogP contribution in [0.15, 0.2) is 4.99 Å². The van der Waals surface area contributed by atoms with Crippen molar-refractivity contribution in [3.63, 3.8) is 0 Å². The zero-order chi connectivity index (χ0) is 9.52. The molecule has 1 nitrogen and oxygen atoms in total. The third kappa shape index (κ3) is 5.07. The monoisotopic (exact) mass is 181 g/mol. The largest absolute Gasteiger partial charge is 0.294 e. The van der Waals surface area contributed by atoms with Crippen LogP contribution in [-0.2, 0) is 0 Å². The number of aliphatic imine (C=N–C) groups is 1. The van der Waals surface area contributed by atoms with Gasteiger partial charge in [0.15, 0.2) is 0 Å². The van der Waals surface area contributed by atoms with Crippen molar-refractivity contribution < 1.29 is 0 Å². The van der Waals surface area contributed by atoms with Gasteiger partial charge in [-0.05, 0) is 18.8 Å². The molecule has 0 unspecified atom stereocenters. The second-order valence-electron chi connectivity index (χ2n) is 4.54. The first-order valence-corrected chi connectivity index (χ1v) is 5.82. The second-order valence-corrected chi connectivity index (χ2v) is 4.54. The molecule has 1 heteroatoms. The lowest BCUT2D eigenvalue weighted by atomic mass is 9.97. The van der Waals surface area contributed by atoms with Crippen molar-refractivity contribution in [3.8, 4) is 0 Å². The van der Waals surface area contributed by atoms with Crippen molar-refractivity contribution in [2.45, 2.75) is 64.8 Å². The number of rotatable bonds is 2. The standard InChI is InChI=1S/C12H23N/c1-11(2)10-13-12-8-6-4-3-5-7-9-12/h10-12H,3-9H2,1-2H3. The van der Waals surface area contributed by atoms with E-state index in [0.29, 0.717) is 12.0 Å². The minimum Gasteiger partial charge on any atom is -0.294 e. The zero-order valence-electron chi connectivity index (χ0n) is 9.13. The van der Waals surface area contributed by atoms with Gasteiger partial charge in [0, 0.05) is 12.3 Å². The highest BCUT2D eigenvalue weighted by molar-refractivity contribution is 5.59. The van der Waals surface area contributed by atoms with Gasteiger partial charge in [-0.15, -0.1) is 0 Å². The Morgan fingerprint density at radius 2 is 1.54 bits per heavy atom. The van der Waals surface area contributed by atoms with E-state index in [-0.39, 0.29) is 0 Å². The summed E-state index contributed by atoms with van der Waals surface area (Å²) in [6, 6.07) is 0.641. The molecule has 1 aliphatic carbocycles. The van der Waals surface area contributed by atoms with Gasteiger partial charge < -0.3 is 0 Å². The van der Waals surface area contributed by atoms with E-state index in [9.17, 15) is 0 Å². The fourth-order valence-corrected chi connectivity index (χ4v) is 1.88. The van der Waals surface area contributed by atoms with E-state index >= 15 is 0 Å². The van der Waals surface area contributed by atoms with E-state index < -0.39 is 0 Å². The lowest BCUT2D eigenvalue weighted by Gasteiger charge is -2.15. The fourth-order valence-electron chi connectivity index (χ4n) is 1.88. The van der Waals surface area contributed by atoms with E-state index in [0.717, 1.165) is 0 Å². The van der Waals surface area contributed by atoms with Crippen LogP contribution in [0.3, 0.4) is 0 Å². The fraction of sp³-hybridized carbons (Fsp3) is 0.917. The molecular formula is C12H23N. The Bertz CT molecular complexity index is 141. The van der Waals surface area contributed by atoms with E-state index in [1.54, 1.807) is 0 Å². The van der Waals surface area contributed by atoms with Gasteiger partial charge in [-0.2, -0.15) is 0 Å². The summed E-state index contributed by atoms with van der Waals surface area (Å²) in [4.78, 5) is 4.66. The summed E-state index contributed by atoms with van der Waals surface area (Å²) in [5.41, 5.74) is 0. The minimum absolute atomic E-state index is 0.616. The molecule has 0 spiro atoms. The summed E-state index contributed by atoms with van der Waals surface area (Å²) in [7, 11) is 0.